The molecule has 1 aliphatic rings. The Kier molecular flexibility index (Phi) is 7.49. The number of hydrogen-bond donors (Lipinski definition) is 2. The molecule has 0 radical (unpaired) electrons. The number of ether oxygens (including phenoxy) is 2. The van der Waals surface area contributed by atoms with Crippen molar-refractivity contribution in [3.63, 3.8) is 0 Å². The molecular weight excluding hydrogens is 342 g/mol. The van der Waals surface area contributed by atoms with Crippen LogP contribution in [0.25, 0.3) is 0 Å². The minimum atomic E-state index is -3.49. The normalized spacial score (nSPS) is 16.8. The Bertz CT molecular complexity index is 645. The lowest BCUT2D eigenvalue weighted by molar-refractivity contribution is 0.245. The van der Waals surface area contributed by atoms with Gasteiger partial charge < -0.3 is 9.47 Å². The number of hydrogen-bond acceptors (Lipinski definition) is 5. The standard InChI is InChI=1S/C17H29N3O4S/c1-4-9-18-25(21,22)19-13-15(20-10-5-6-11-20)14-7-8-16(23-2)17(12-14)24-3/h7-8,12,15,18-19H,4-6,9-11,13H2,1-3H3. The first-order valence-electron chi connectivity index (χ1n) is 8.71. The second kappa shape index (κ2) is 9.38. The van der Waals surface area contributed by atoms with E-state index in [1.54, 1.807) is 14.2 Å². The van der Waals surface area contributed by atoms with E-state index in [0.29, 0.717) is 24.6 Å². The van der Waals surface area contributed by atoms with Crippen LogP contribution in [0.2, 0.25) is 0 Å². The molecule has 1 unspecified atom stereocenters. The highest BCUT2D eigenvalue weighted by molar-refractivity contribution is 7.87. The van der Waals surface area contributed by atoms with Gasteiger partial charge in [-0.2, -0.15) is 8.42 Å². The second-order valence-electron chi connectivity index (χ2n) is 6.12. The maximum atomic E-state index is 12.1. The quantitative estimate of drug-likeness (QED) is 0.654. The Morgan fingerprint density at radius 3 is 2.40 bits per heavy atom. The van der Waals surface area contributed by atoms with E-state index in [4.69, 9.17) is 9.47 Å². The van der Waals surface area contributed by atoms with Gasteiger partial charge in [-0.25, -0.2) is 9.44 Å². The van der Waals surface area contributed by atoms with Gasteiger partial charge in [0.15, 0.2) is 11.5 Å². The summed E-state index contributed by atoms with van der Waals surface area (Å²) in [5.41, 5.74) is 1.01. The van der Waals surface area contributed by atoms with Gasteiger partial charge in [0, 0.05) is 19.1 Å². The van der Waals surface area contributed by atoms with Crippen molar-refractivity contribution in [1.29, 1.82) is 0 Å². The van der Waals surface area contributed by atoms with E-state index in [0.717, 1.165) is 37.9 Å². The monoisotopic (exact) mass is 371 g/mol. The number of nitrogens with one attached hydrogen (secondary N) is 2. The van der Waals surface area contributed by atoms with Crippen LogP contribution in [0.15, 0.2) is 18.2 Å². The van der Waals surface area contributed by atoms with Crippen LogP contribution >= 0.6 is 0 Å². The molecule has 1 aliphatic heterocycles. The lowest BCUT2D eigenvalue weighted by Crippen LogP contribution is -2.42. The molecule has 25 heavy (non-hydrogen) atoms. The molecule has 1 saturated heterocycles. The summed E-state index contributed by atoms with van der Waals surface area (Å²) < 4.78 is 40.1. The molecule has 0 saturated carbocycles. The fourth-order valence-corrected chi connectivity index (χ4v) is 4.00. The summed E-state index contributed by atoms with van der Waals surface area (Å²) in [7, 11) is -0.286. The molecule has 0 aliphatic carbocycles. The number of nitrogens with zero attached hydrogens (tertiary/aromatic N) is 1. The predicted molar refractivity (Wildman–Crippen MR) is 98.3 cm³/mol. The van der Waals surface area contributed by atoms with Crippen molar-refractivity contribution in [2.45, 2.75) is 32.2 Å². The van der Waals surface area contributed by atoms with Gasteiger partial charge in [0.05, 0.1) is 14.2 Å². The van der Waals surface area contributed by atoms with E-state index >= 15 is 0 Å². The molecule has 8 heteroatoms. The highest BCUT2D eigenvalue weighted by Crippen LogP contribution is 2.33. The Hall–Kier alpha value is -1.35. The summed E-state index contributed by atoms with van der Waals surface area (Å²) in [6.45, 7) is 4.60. The third-order valence-corrected chi connectivity index (χ3v) is 5.51. The van der Waals surface area contributed by atoms with E-state index in [2.05, 4.69) is 14.3 Å². The minimum Gasteiger partial charge on any atom is -0.493 e. The van der Waals surface area contributed by atoms with Crippen LogP contribution in [0, 0.1) is 0 Å². The van der Waals surface area contributed by atoms with Gasteiger partial charge in [-0.05, 0) is 50.0 Å². The van der Waals surface area contributed by atoms with Gasteiger partial charge in [-0.1, -0.05) is 13.0 Å². The zero-order valence-electron chi connectivity index (χ0n) is 15.2. The van der Waals surface area contributed by atoms with Crippen LogP contribution in [-0.4, -0.2) is 53.7 Å². The lowest BCUT2D eigenvalue weighted by atomic mass is 10.0. The summed E-state index contributed by atoms with van der Waals surface area (Å²) in [5, 5.41) is 0. The first-order valence-corrected chi connectivity index (χ1v) is 10.2. The summed E-state index contributed by atoms with van der Waals surface area (Å²) >= 11 is 0. The van der Waals surface area contributed by atoms with E-state index in [1.165, 1.54) is 0 Å². The van der Waals surface area contributed by atoms with E-state index in [1.807, 2.05) is 25.1 Å². The first-order chi connectivity index (χ1) is 12.0. The third-order valence-electron chi connectivity index (χ3n) is 4.38. The van der Waals surface area contributed by atoms with Crippen molar-refractivity contribution in [1.82, 2.24) is 14.3 Å². The maximum absolute atomic E-state index is 12.1. The van der Waals surface area contributed by atoms with Crippen LogP contribution < -0.4 is 18.9 Å². The number of methoxy groups -OCH3 is 2. The zero-order chi connectivity index (χ0) is 18.3. The Morgan fingerprint density at radius 2 is 1.80 bits per heavy atom. The molecule has 2 N–H and O–H groups in total. The van der Waals surface area contributed by atoms with Crippen molar-refractivity contribution >= 4 is 10.2 Å². The summed E-state index contributed by atoms with van der Waals surface area (Å²) in [6.07, 6.45) is 3.02. The number of likely N-dealkylation sites (tertiary alicyclic amines) is 1. The van der Waals surface area contributed by atoms with Crippen molar-refractivity contribution in [2.75, 3.05) is 40.4 Å². The Labute approximate surface area is 150 Å². The van der Waals surface area contributed by atoms with Crippen LogP contribution in [0.4, 0.5) is 0 Å². The topological polar surface area (TPSA) is 79.9 Å². The molecule has 142 valence electrons. The molecule has 1 aromatic rings. The minimum absolute atomic E-state index is 0.0412. The molecule has 0 aromatic heterocycles. The molecule has 0 spiro atoms. The maximum Gasteiger partial charge on any atom is 0.276 e. The molecular formula is C17H29N3O4S. The average Bonchev–Trinajstić information content (AvgIpc) is 3.14. The summed E-state index contributed by atoms with van der Waals surface area (Å²) in [4.78, 5) is 2.31. The van der Waals surface area contributed by atoms with Crippen molar-refractivity contribution < 1.29 is 17.9 Å². The summed E-state index contributed by atoms with van der Waals surface area (Å²) in [6, 6.07) is 5.72. The smallest absolute Gasteiger partial charge is 0.276 e. The molecule has 1 atom stereocenters. The van der Waals surface area contributed by atoms with Gasteiger partial charge in [-0.15, -0.1) is 0 Å². The van der Waals surface area contributed by atoms with E-state index < -0.39 is 10.2 Å². The van der Waals surface area contributed by atoms with Crippen LogP contribution in [-0.2, 0) is 10.2 Å². The fraction of sp³-hybridized carbons (Fsp3) is 0.647. The number of rotatable bonds is 10. The molecule has 7 nitrogen and oxygen atoms in total. The highest BCUT2D eigenvalue weighted by atomic mass is 32.2. The zero-order valence-corrected chi connectivity index (χ0v) is 16.1. The van der Waals surface area contributed by atoms with Gasteiger partial charge in [0.1, 0.15) is 0 Å². The Balaban J connectivity index is 2.19. The molecule has 1 aromatic carbocycles. The SMILES string of the molecule is CCCNS(=O)(=O)NCC(c1ccc(OC)c(OC)c1)N1CCCC1. The molecule has 0 bridgehead atoms. The molecule has 2 rings (SSSR count). The van der Waals surface area contributed by atoms with E-state index in [9.17, 15) is 8.42 Å². The van der Waals surface area contributed by atoms with Crippen molar-refractivity contribution in [3.8, 4) is 11.5 Å². The van der Waals surface area contributed by atoms with Gasteiger partial charge in [0.25, 0.3) is 10.2 Å². The van der Waals surface area contributed by atoms with Crippen LogP contribution in [0.1, 0.15) is 37.8 Å². The first kappa shape index (κ1) is 20.0. The van der Waals surface area contributed by atoms with Crippen molar-refractivity contribution in [3.05, 3.63) is 23.8 Å². The van der Waals surface area contributed by atoms with Gasteiger partial charge >= 0.3 is 0 Å². The van der Waals surface area contributed by atoms with Gasteiger partial charge in [0.2, 0.25) is 0 Å². The molecule has 0 amide bonds. The van der Waals surface area contributed by atoms with Crippen molar-refractivity contribution in [2.24, 2.45) is 0 Å². The van der Waals surface area contributed by atoms with Gasteiger partial charge in [-0.3, -0.25) is 4.90 Å². The highest BCUT2D eigenvalue weighted by Gasteiger charge is 2.26. The second-order valence-corrected chi connectivity index (χ2v) is 7.70. The van der Waals surface area contributed by atoms with Crippen LogP contribution in [0.5, 0.6) is 11.5 Å². The lowest BCUT2D eigenvalue weighted by Gasteiger charge is -2.28. The largest absolute Gasteiger partial charge is 0.493 e. The molecule has 1 heterocycles. The van der Waals surface area contributed by atoms with Crippen LogP contribution in [0.3, 0.4) is 0 Å². The molecule has 1 fully saturated rings. The Morgan fingerprint density at radius 1 is 1.12 bits per heavy atom. The average molecular weight is 372 g/mol. The third kappa shape index (κ3) is 5.57. The summed E-state index contributed by atoms with van der Waals surface area (Å²) in [5.74, 6) is 1.31. The van der Waals surface area contributed by atoms with E-state index in [-0.39, 0.29) is 6.04 Å². The number of benzene rings is 1. The predicted octanol–water partition coefficient (Wildman–Crippen LogP) is 1.67. The fourth-order valence-electron chi connectivity index (χ4n) is 3.05.